The second kappa shape index (κ2) is 8.77. The smallest absolute Gasteiger partial charge is 0.291 e. The lowest BCUT2D eigenvalue weighted by Crippen LogP contribution is -2.20. The molecule has 144 valence electrons. The van der Waals surface area contributed by atoms with E-state index in [0.29, 0.717) is 22.9 Å². The molecule has 0 aliphatic rings. The topological polar surface area (TPSA) is 89.8 Å². The normalized spacial score (nSPS) is 10.2. The molecule has 0 aliphatic carbocycles. The molecule has 0 saturated heterocycles. The molecule has 0 saturated carbocycles. The molecule has 0 unspecified atom stereocenters. The Morgan fingerprint density at radius 2 is 1.75 bits per heavy atom. The predicted octanol–water partition coefficient (Wildman–Crippen LogP) is 3.87. The molecular formula is C21H20N2O5. The highest BCUT2D eigenvalue weighted by Gasteiger charge is 2.11. The highest BCUT2D eigenvalue weighted by molar-refractivity contribution is 6.03. The highest BCUT2D eigenvalue weighted by atomic mass is 16.5. The zero-order valence-electron chi connectivity index (χ0n) is 15.5. The Balaban J connectivity index is 1.54. The Bertz CT molecular complexity index is 949. The van der Waals surface area contributed by atoms with Crippen LogP contribution < -0.4 is 20.1 Å². The minimum absolute atomic E-state index is 0.123. The number of benzene rings is 2. The van der Waals surface area contributed by atoms with Crippen molar-refractivity contribution in [1.29, 1.82) is 0 Å². The lowest BCUT2D eigenvalue weighted by molar-refractivity contribution is -0.118. The van der Waals surface area contributed by atoms with Crippen molar-refractivity contribution in [3.63, 3.8) is 0 Å². The number of methoxy groups -OCH3 is 1. The van der Waals surface area contributed by atoms with Gasteiger partial charge in [-0.05, 0) is 67.1 Å². The van der Waals surface area contributed by atoms with Crippen molar-refractivity contribution < 1.29 is 23.5 Å². The molecule has 7 nitrogen and oxygen atoms in total. The van der Waals surface area contributed by atoms with Gasteiger partial charge in [-0.15, -0.1) is 0 Å². The molecule has 3 rings (SSSR count). The van der Waals surface area contributed by atoms with E-state index in [-0.39, 0.29) is 24.2 Å². The monoisotopic (exact) mass is 380 g/mol. The molecule has 0 bridgehead atoms. The Morgan fingerprint density at radius 3 is 2.39 bits per heavy atom. The van der Waals surface area contributed by atoms with Gasteiger partial charge in [0.05, 0.1) is 13.4 Å². The Morgan fingerprint density at radius 1 is 1.00 bits per heavy atom. The largest absolute Gasteiger partial charge is 0.497 e. The summed E-state index contributed by atoms with van der Waals surface area (Å²) < 4.78 is 15.6. The van der Waals surface area contributed by atoms with Crippen LogP contribution in [0, 0.1) is 6.92 Å². The van der Waals surface area contributed by atoms with Gasteiger partial charge < -0.3 is 24.5 Å². The second-order valence-electron chi connectivity index (χ2n) is 5.97. The Labute approximate surface area is 162 Å². The van der Waals surface area contributed by atoms with Crippen LogP contribution in [0.25, 0.3) is 0 Å². The molecule has 0 fully saturated rings. The summed E-state index contributed by atoms with van der Waals surface area (Å²) in [5, 5.41) is 5.53. The maximum absolute atomic E-state index is 12.1. The van der Waals surface area contributed by atoms with Gasteiger partial charge in [-0.3, -0.25) is 9.59 Å². The van der Waals surface area contributed by atoms with Crippen LogP contribution in [0.3, 0.4) is 0 Å². The number of rotatable bonds is 7. The first-order chi connectivity index (χ1) is 13.5. The molecule has 1 aromatic heterocycles. The maximum Gasteiger partial charge on any atom is 0.291 e. The summed E-state index contributed by atoms with van der Waals surface area (Å²) >= 11 is 0. The molecule has 0 aliphatic heterocycles. The number of carbonyl (C=O) groups is 2. The van der Waals surface area contributed by atoms with Gasteiger partial charge in [-0.2, -0.15) is 0 Å². The van der Waals surface area contributed by atoms with Crippen LogP contribution >= 0.6 is 0 Å². The van der Waals surface area contributed by atoms with Crippen molar-refractivity contribution in [2.24, 2.45) is 0 Å². The van der Waals surface area contributed by atoms with Crippen molar-refractivity contribution in [2.45, 2.75) is 6.92 Å². The first-order valence-corrected chi connectivity index (χ1v) is 8.57. The molecule has 0 atom stereocenters. The van der Waals surface area contributed by atoms with E-state index in [1.807, 2.05) is 6.92 Å². The summed E-state index contributed by atoms with van der Waals surface area (Å²) in [7, 11) is 1.58. The second-order valence-corrected chi connectivity index (χ2v) is 5.97. The van der Waals surface area contributed by atoms with Crippen LogP contribution in [0.5, 0.6) is 11.5 Å². The lowest BCUT2D eigenvalue weighted by atomic mass is 10.1. The van der Waals surface area contributed by atoms with Crippen molar-refractivity contribution >= 4 is 23.2 Å². The van der Waals surface area contributed by atoms with Gasteiger partial charge in [0, 0.05) is 11.4 Å². The van der Waals surface area contributed by atoms with Crippen LogP contribution in [-0.2, 0) is 4.79 Å². The van der Waals surface area contributed by atoms with Crippen molar-refractivity contribution in [2.75, 3.05) is 24.4 Å². The molecular weight excluding hydrogens is 360 g/mol. The highest BCUT2D eigenvalue weighted by Crippen LogP contribution is 2.21. The molecule has 3 aromatic rings. The quantitative estimate of drug-likeness (QED) is 0.649. The van der Waals surface area contributed by atoms with Crippen LogP contribution in [0.4, 0.5) is 11.4 Å². The van der Waals surface area contributed by atoms with Gasteiger partial charge in [0.1, 0.15) is 11.5 Å². The minimum Gasteiger partial charge on any atom is -0.497 e. The maximum atomic E-state index is 12.1. The van der Waals surface area contributed by atoms with E-state index >= 15 is 0 Å². The van der Waals surface area contributed by atoms with Gasteiger partial charge in [0.2, 0.25) is 0 Å². The SMILES string of the molecule is COc1ccc(OCC(=O)Nc2ccc(NC(=O)c3ccco3)c(C)c2)cc1. The van der Waals surface area contributed by atoms with Crippen molar-refractivity contribution in [3.8, 4) is 11.5 Å². The fraction of sp³-hybridized carbons (Fsp3) is 0.143. The molecule has 2 N–H and O–H groups in total. The van der Waals surface area contributed by atoms with E-state index in [0.717, 1.165) is 5.56 Å². The van der Waals surface area contributed by atoms with Crippen LogP contribution in [0.15, 0.2) is 65.3 Å². The molecule has 0 radical (unpaired) electrons. The molecule has 28 heavy (non-hydrogen) atoms. The third-order valence-corrected chi connectivity index (χ3v) is 3.93. The predicted molar refractivity (Wildman–Crippen MR) is 105 cm³/mol. The average molecular weight is 380 g/mol. The van der Waals surface area contributed by atoms with Crippen molar-refractivity contribution in [3.05, 3.63) is 72.2 Å². The summed E-state index contributed by atoms with van der Waals surface area (Å²) in [4.78, 5) is 24.1. The summed E-state index contributed by atoms with van der Waals surface area (Å²) in [6.45, 7) is 1.71. The zero-order chi connectivity index (χ0) is 19.9. The van der Waals surface area contributed by atoms with E-state index in [1.165, 1.54) is 6.26 Å². The number of anilines is 2. The standard InChI is InChI=1S/C21H20N2O5/c1-14-12-15(5-10-18(14)23-21(25)19-4-3-11-27-19)22-20(24)13-28-17-8-6-16(26-2)7-9-17/h3-12H,13H2,1-2H3,(H,22,24)(H,23,25). The molecule has 0 spiro atoms. The number of amides is 2. The lowest BCUT2D eigenvalue weighted by Gasteiger charge is -2.11. The number of hydrogen-bond donors (Lipinski definition) is 2. The number of ether oxygens (including phenoxy) is 2. The Hall–Kier alpha value is -3.74. The van der Waals surface area contributed by atoms with E-state index in [2.05, 4.69) is 10.6 Å². The number of furan rings is 1. The molecule has 2 aromatic carbocycles. The molecule has 2 amide bonds. The first kappa shape index (κ1) is 19.0. The first-order valence-electron chi connectivity index (χ1n) is 8.57. The van der Waals surface area contributed by atoms with E-state index in [1.54, 1.807) is 61.7 Å². The Kier molecular flexibility index (Phi) is 5.96. The van der Waals surface area contributed by atoms with Gasteiger partial charge in [0.15, 0.2) is 12.4 Å². The average Bonchev–Trinajstić information content (AvgIpc) is 3.24. The summed E-state index contributed by atoms with van der Waals surface area (Å²) in [5.74, 6) is 0.891. The number of hydrogen-bond acceptors (Lipinski definition) is 5. The molecule has 7 heteroatoms. The number of carbonyl (C=O) groups excluding carboxylic acids is 2. The van der Waals surface area contributed by atoms with E-state index in [4.69, 9.17) is 13.9 Å². The summed E-state index contributed by atoms with van der Waals surface area (Å²) in [6, 6.07) is 15.4. The molecule has 1 heterocycles. The van der Waals surface area contributed by atoms with E-state index < -0.39 is 0 Å². The fourth-order valence-electron chi connectivity index (χ4n) is 2.49. The van der Waals surface area contributed by atoms with Crippen LogP contribution in [0.2, 0.25) is 0 Å². The number of nitrogens with one attached hydrogen (secondary N) is 2. The summed E-state index contributed by atoms with van der Waals surface area (Å²) in [5.41, 5.74) is 2.04. The third-order valence-electron chi connectivity index (χ3n) is 3.93. The number of aryl methyl sites for hydroxylation is 1. The van der Waals surface area contributed by atoms with Gasteiger partial charge in [0.25, 0.3) is 11.8 Å². The van der Waals surface area contributed by atoms with Gasteiger partial charge in [-0.1, -0.05) is 0 Å². The van der Waals surface area contributed by atoms with Gasteiger partial charge in [-0.25, -0.2) is 0 Å². The van der Waals surface area contributed by atoms with Crippen LogP contribution in [-0.4, -0.2) is 25.5 Å². The van der Waals surface area contributed by atoms with Gasteiger partial charge >= 0.3 is 0 Å². The minimum atomic E-state index is -0.335. The zero-order valence-corrected chi connectivity index (χ0v) is 15.5. The fourth-order valence-corrected chi connectivity index (χ4v) is 2.49. The van der Waals surface area contributed by atoms with Crippen LogP contribution in [0.1, 0.15) is 16.1 Å². The van der Waals surface area contributed by atoms with E-state index in [9.17, 15) is 9.59 Å². The third kappa shape index (κ3) is 4.91. The van der Waals surface area contributed by atoms with Crippen molar-refractivity contribution in [1.82, 2.24) is 0 Å². The summed E-state index contributed by atoms with van der Waals surface area (Å²) in [6.07, 6.45) is 1.44.